The molecule has 0 aliphatic carbocycles. The number of aliphatic hydroxyl groups is 3. The second-order valence-corrected chi connectivity index (χ2v) is 6.50. The van der Waals surface area contributed by atoms with Gasteiger partial charge in [-0.05, 0) is 25.3 Å². The molecule has 0 radical (unpaired) electrons. The molecule has 0 bridgehead atoms. The summed E-state index contributed by atoms with van der Waals surface area (Å²) in [5, 5.41) is 28.5. The van der Waals surface area contributed by atoms with Crippen LogP contribution in [0.5, 0.6) is 0 Å². The molecule has 5 nitrogen and oxygen atoms in total. The highest BCUT2D eigenvalue weighted by Crippen LogP contribution is 2.19. The Bertz CT molecular complexity index is 503. The number of benzene rings is 1. The smallest absolute Gasteiger partial charge is 0.163 e. The van der Waals surface area contributed by atoms with E-state index in [4.69, 9.17) is 16.3 Å². The molecule has 0 saturated carbocycles. The molecule has 0 aromatic heterocycles. The van der Waals surface area contributed by atoms with Crippen LogP contribution in [0.4, 0.5) is 0 Å². The Kier molecular flexibility index (Phi) is 8.87. The molecule has 1 aromatic carbocycles. The summed E-state index contributed by atoms with van der Waals surface area (Å²) < 4.78 is 5.63. The Morgan fingerprint density at radius 2 is 1.75 bits per heavy atom. The van der Waals surface area contributed by atoms with Crippen molar-refractivity contribution in [3.8, 4) is 0 Å². The van der Waals surface area contributed by atoms with E-state index in [-0.39, 0.29) is 24.2 Å². The molecule has 0 heterocycles. The summed E-state index contributed by atoms with van der Waals surface area (Å²) in [6.45, 7) is 4.68. The SMILES string of the molecule is CC(O)C(O)C(CO)OC(C)C(C)CC(=O)c1ccc(CCl)cc1. The van der Waals surface area contributed by atoms with Gasteiger partial charge in [0.25, 0.3) is 0 Å². The van der Waals surface area contributed by atoms with Crippen molar-refractivity contribution in [2.24, 2.45) is 5.92 Å². The molecule has 24 heavy (non-hydrogen) atoms. The number of alkyl halides is 1. The summed E-state index contributed by atoms with van der Waals surface area (Å²) in [5.41, 5.74) is 1.57. The van der Waals surface area contributed by atoms with Gasteiger partial charge in [0.05, 0.1) is 18.8 Å². The monoisotopic (exact) mass is 358 g/mol. The van der Waals surface area contributed by atoms with E-state index in [1.54, 1.807) is 19.1 Å². The maximum absolute atomic E-state index is 12.3. The van der Waals surface area contributed by atoms with Crippen LogP contribution in [-0.4, -0.2) is 52.1 Å². The molecule has 0 fully saturated rings. The van der Waals surface area contributed by atoms with Gasteiger partial charge in [-0.3, -0.25) is 4.79 Å². The van der Waals surface area contributed by atoms with Crippen LogP contribution in [-0.2, 0) is 10.6 Å². The van der Waals surface area contributed by atoms with Crippen molar-refractivity contribution in [1.82, 2.24) is 0 Å². The first-order valence-electron chi connectivity index (χ1n) is 8.10. The van der Waals surface area contributed by atoms with Crippen LogP contribution < -0.4 is 0 Å². The number of carbonyl (C=O) groups is 1. The van der Waals surface area contributed by atoms with Crippen LogP contribution in [0.2, 0.25) is 0 Å². The number of ether oxygens (including phenoxy) is 1. The number of aliphatic hydroxyl groups excluding tert-OH is 3. The van der Waals surface area contributed by atoms with Crippen LogP contribution in [0.3, 0.4) is 0 Å². The molecule has 1 aromatic rings. The highest BCUT2D eigenvalue weighted by Gasteiger charge is 2.28. The van der Waals surface area contributed by atoms with Gasteiger partial charge >= 0.3 is 0 Å². The number of rotatable bonds is 10. The molecule has 5 unspecified atom stereocenters. The van der Waals surface area contributed by atoms with Crippen LogP contribution >= 0.6 is 11.6 Å². The Morgan fingerprint density at radius 3 is 2.21 bits per heavy atom. The third-order valence-corrected chi connectivity index (χ3v) is 4.49. The maximum atomic E-state index is 12.3. The Morgan fingerprint density at radius 1 is 1.17 bits per heavy atom. The molecule has 0 spiro atoms. The highest BCUT2D eigenvalue weighted by molar-refractivity contribution is 6.17. The fraction of sp³-hybridized carbons (Fsp3) is 0.611. The van der Waals surface area contributed by atoms with E-state index in [1.807, 2.05) is 19.1 Å². The molecule has 5 atom stereocenters. The third-order valence-electron chi connectivity index (χ3n) is 4.18. The minimum Gasteiger partial charge on any atom is -0.394 e. The van der Waals surface area contributed by atoms with Gasteiger partial charge in [-0.1, -0.05) is 31.2 Å². The van der Waals surface area contributed by atoms with Crippen molar-refractivity contribution < 1.29 is 24.9 Å². The largest absolute Gasteiger partial charge is 0.394 e. The maximum Gasteiger partial charge on any atom is 0.163 e. The normalized spacial score (nSPS) is 17.8. The molecule has 1 rings (SSSR count). The minimum atomic E-state index is -1.18. The third kappa shape index (κ3) is 6.15. The van der Waals surface area contributed by atoms with Crippen LogP contribution in [0, 0.1) is 5.92 Å². The van der Waals surface area contributed by atoms with E-state index in [1.165, 1.54) is 6.92 Å². The highest BCUT2D eigenvalue weighted by atomic mass is 35.5. The van der Waals surface area contributed by atoms with Gasteiger partial charge in [0.2, 0.25) is 0 Å². The molecule has 3 N–H and O–H groups in total. The van der Waals surface area contributed by atoms with Crippen molar-refractivity contribution in [1.29, 1.82) is 0 Å². The van der Waals surface area contributed by atoms with Crippen molar-refractivity contribution in [3.05, 3.63) is 35.4 Å². The Hall–Kier alpha value is -0.980. The van der Waals surface area contributed by atoms with Crippen LogP contribution in [0.15, 0.2) is 24.3 Å². The lowest BCUT2D eigenvalue weighted by atomic mass is 9.95. The summed E-state index contributed by atoms with van der Waals surface area (Å²) in [5.74, 6) is 0.292. The first kappa shape index (κ1) is 21.1. The second kappa shape index (κ2) is 10.1. The molecule has 6 heteroatoms. The molecular formula is C18H27ClO5. The minimum absolute atomic E-state index is 0.00399. The second-order valence-electron chi connectivity index (χ2n) is 6.23. The summed E-state index contributed by atoms with van der Waals surface area (Å²) in [7, 11) is 0. The predicted molar refractivity (Wildman–Crippen MR) is 93.2 cm³/mol. The van der Waals surface area contributed by atoms with Gasteiger partial charge in [0.1, 0.15) is 12.2 Å². The van der Waals surface area contributed by atoms with Crippen LogP contribution in [0.25, 0.3) is 0 Å². The molecule has 136 valence electrons. The number of hydrogen-bond acceptors (Lipinski definition) is 5. The van der Waals surface area contributed by atoms with Gasteiger partial charge in [-0.15, -0.1) is 11.6 Å². The molecule has 0 aliphatic rings. The van der Waals surface area contributed by atoms with E-state index in [2.05, 4.69) is 0 Å². The first-order chi connectivity index (χ1) is 11.3. The summed E-state index contributed by atoms with van der Waals surface area (Å²) in [6.07, 6.45) is -3.15. The lowest BCUT2D eigenvalue weighted by molar-refractivity contribution is -0.133. The van der Waals surface area contributed by atoms with E-state index >= 15 is 0 Å². The molecule has 0 saturated heterocycles. The van der Waals surface area contributed by atoms with Crippen molar-refractivity contribution >= 4 is 17.4 Å². The van der Waals surface area contributed by atoms with Gasteiger partial charge in [0.15, 0.2) is 5.78 Å². The van der Waals surface area contributed by atoms with Gasteiger partial charge in [-0.2, -0.15) is 0 Å². The standard InChI is InChI=1S/C18H27ClO5/c1-11(13(3)24-17(10-20)18(23)12(2)21)8-16(22)15-6-4-14(9-19)5-7-15/h4-7,11-13,17-18,20-21,23H,8-10H2,1-3H3. The molecular weight excluding hydrogens is 332 g/mol. The summed E-state index contributed by atoms with van der Waals surface area (Å²) in [6, 6.07) is 7.16. The summed E-state index contributed by atoms with van der Waals surface area (Å²) in [4.78, 5) is 12.3. The zero-order valence-corrected chi connectivity index (χ0v) is 15.1. The summed E-state index contributed by atoms with van der Waals surface area (Å²) >= 11 is 5.73. The predicted octanol–water partition coefficient (Wildman–Crippen LogP) is 2.14. The number of carbonyl (C=O) groups excluding carboxylic acids is 1. The Balaban J connectivity index is 2.61. The number of Topliss-reactive ketones (excluding diaryl/α,β-unsaturated/α-hetero) is 1. The van der Waals surface area contributed by atoms with Crippen molar-refractivity contribution in [2.75, 3.05) is 6.61 Å². The van der Waals surface area contributed by atoms with Gasteiger partial charge < -0.3 is 20.1 Å². The van der Waals surface area contributed by atoms with Gasteiger partial charge in [-0.25, -0.2) is 0 Å². The number of halogens is 1. The fourth-order valence-corrected chi connectivity index (χ4v) is 2.49. The van der Waals surface area contributed by atoms with E-state index in [0.717, 1.165) is 5.56 Å². The Labute approximate surface area is 148 Å². The van der Waals surface area contributed by atoms with Gasteiger partial charge in [0, 0.05) is 17.9 Å². The average molecular weight is 359 g/mol. The van der Waals surface area contributed by atoms with Crippen molar-refractivity contribution in [2.45, 2.75) is 57.5 Å². The van der Waals surface area contributed by atoms with Crippen LogP contribution in [0.1, 0.15) is 43.1 Å². The molecule has 0 amide bonds. The van der Waals surface area contributed by atoms with E-state index in [0.29, 0.717) is 11.4 Å². The lowest BCUT2D eigenvalue weighted by Crippen LogP contribution is -2.42. The average Bonchev–Trinajstić information content (AvgIpc) is 2.58. The molecule has 0 aliphatic heterocycles. The number of ketones is 1. The van der Waals surface area contributed by atoms with Crippen molar-refractivity contribution in [3.63, 3.8) is 0 Å². The number of hydrogen-bond donors (Lipinski definition) is 3. The van der Waals surface area contributed by atoms with E-state index < -0.39 is 24.9 Å². The quantitative estimate of drug-likeness (QED) is 0.440. The lowest BCUT2D eigenvalue weighted by Gasteiger charge is -2.29. The zero-order chi connectivity index (χ0) is 18.3. The first-order valence-corrected chi connectivity index (χ1v) is 8.64. The van der Waals surface area contributed by atoms with E-state index in [9.17, 15) is 20.1 Å². The zero-order valence-electron chi connectivity index (χ0n) is 14.4. The fourth-order valence-electron chi connectivity index (χ4n) is 2.31. The topological polar surface area (TPSA) is 87.0 Å².